The summed E-state index contributed by atoms with van der Waals surface area (Å²) in [4.78, 5) is 69.1. The number of carbonyl (C=O) groups is 5. The molecule has 3 aromatic rings. The Labute approximate surface area is 293 Å². The highest BCUT2D eigenvalue weighted by atomic mass is 16.6. The van der Waals surface area contributed by atoms with Crippen LogP contribution in [-0.2, 0) is 23.9 Å². The third-order valence-electron chi connectivity index (χ3n) is 9.08. The second-order valence-electron chi connectivity index (χ2n) is 13.8. The average molecular weight is 683 g/mol. The molecule has 0 radical (unpaired) electrons. The van der Waals surface area contributed by atoms with Gasteiger partial charge in [0.1, 0.15) is 23.7 Å². The van der Waals surface area contributed by atoms with Crippen LogP contribution in [0.5, 0.6) is 0 Å². The molecule has 50 heavy (non-hydrogen) atoms. The molecule has 2 fully saturated rings. The number of alkyl carbamates (subject to hydrolysis) is 1. The number of fused-ring (bicyclic) bond motifs is 1. The van der Waals surface area contributed by atoms with Gasteiger partial charge < -0.3 is 30.3 Å². The fourth-order valence-corrected chi connectivity index (χ4v) is 6.68. The fraction of sp³-hybridized carbons (Fsp3) is 0.410. The van der Waals surface area contributed by atoms with E-state index in [4.69, 9.17) is 9.47 Å². The number of esters is 1. The van der Waals surface area contributed by atoms with Crippen molar-refractivity contribution in [2.45, 2.75) is 89.2 Å². The smallest absolute Gasteiger partial charge is 0.408 e. The van der Waals surface area contributed by atoms with Gasteiger partial charge in [0, 0.05) is 12.0 Å². The van der Waals surface area contributed by atoms with Gasteiger partial charge in [-0.05, 0) is 69.7 Å². The first-order chi connectivity index (χ1) is 23.9. The second kappa shape index (κ2) is 16.0. The lowest BCUT2D eigenvalue weighted by molar-refractivity contribution is -0.149. The maximum Gasteiger partial charge on any atom is 0.408 e. The highest BCUT2D eigenvalue weighted by Crippen LogP contribution is 2.36. The van der Waals surface area contributed by atoms with Crippen molar-refractivity contribution in [1.82, 2.24) is 20.9 Å². The molecule has 264 valence electrons. The molecule has 11 heteroatoms. The summed E-state index contributed by atoms with van der Waals surface area (Å²) in [6, 6.07) is 24.2. The largest absolute Gasteiger partial charge is 0.462 e. The van der Waals surface area contributed by atoms with E-state index in [1.165, 1.54) is 0 Å². The third-order valence-corrected chi connectivity index (χ3v) is 9.08. The fourth-order valence-electron chi connectivity index (χ4n) is 6.68. The molecule has 11 nitrogen and oxygen atoms in total. The molecule has 3 N–H and O–H groups in total. The van der Waals surface area contributed by atoms with E-state index < -0.39 is 59.6 Å². The molecule has 5 atom stereocenters. The molecular formula is C39H46N4O7. The van der Waals surface area contributed by atoms with Crippen molar-refractivity contribution in [2.75, 3.05) is 6.61 Å². The number of amides is 4. The summed E-state index contributed by atoms with van der Waals surface area (Å²) in [6.45, 7) is 6.77. The van der Waals surface area contributed by atoms with Crippen LogP contribution in [0.3, 0.4) is 0 Å². The maximum atomic E-state index is 14.4. The average Bonchev–Trinajstić information content (AvgIpc) is 3.54. The first-order valence-electron chi connectivity index (χ1n) is 17.2. The molecule has 3 aromatic carbocycles. The molecule has 2 heterocycles. The summed E-state index contributed by atoms with van der Waals surface area (Å²) < 4.78 is 11.0. The predicted molar refractivity (Wildman–Crippen MR) is 187 cm³/mol. The highest BCUT2D eigenvalue weighted by molar-refractivity contribution is 5.95. The van der Waals surface area contributed by atoms with Crippen molar-refractivity contribution < 1.29 is 33.4 Å². The Kier molecular flexibility index (Phi) is 11.6. The van der Waals surface area contributed by atoms with Crippen LogP contribution >= 0.6 is 0 Å². The Morgan fingerprint density at radius 3 is 1.98 bits per heavy atom. The molecule has 0 bridgehead atoms. The van der Waals surface area contributed by atoms with Crippen LogP contribution in [0.15, 0.2) is 91.0 Å². The van der Waals surface area contributed by atoms with Crippen LogP contribution in [0, 0.1) is 5.92 Å². The Bertz CT molecular complexity index is 1610. The number of hydrogen-bond acceptors (Lipinski definition) is 7. The van der Waals surface area contributed by atoms with Crippen LogP contribution in [0.2, 0.25) is 0 Å². The van der Waals surface area contributed by atoms with Gasteiger partial charge in [0.15, 0.2) is 0 Å². The first kappa shape index (κ1) is 36.1. The van der Waals surface area contributed by atoms with Gasteiger partial charge in [-0.2, -0.15) is 0 Å². The Morgan fingerprint density at radius 1 is 0.840 bits per heavy atom. The SMILES string of the molecule is CC[C@H](NC(=O)OC(C)(C)C)C(=O)N[C@@H]1C(=O)N2C(CC[C@H]2C(=O)NC(c2ccccc2)c2ccccc2)C[C@@H]1COC(=O)c1ccccc1. The quantitative estimate of drug-likeness (QED) is 0.244. The third kappa shape index (κ3) is 8.88. The molecule has 0 saturated carbocycles. The second-order valence-corrected chi connectivity index (χ2v) is 13.8. The van der Waals surface area contributed by atoms with Gasteiger partial charge in [0.25, 0.3) is 0 Å². The standard InChI is InChI=1S/C39H46N4O7/c1-5-30(40-38(48)50-39(2,3)4)34(44)42-33-28(24-49-37(47)27-19-13-8-14-20-27)23-29-21-22-31(43(29)36(33)46)35(45)41-32(25-15-9-6-10-16-25)26-17-11-7-12-18-26/h6-20,28-33H,5,21-24H2,1-4H3,(H,40,48)(H,41,45)(H,42,44)/t28-,29?,30+,31+,33+/m1/s1. The molecule has 0 aromatic heterocycles. The van der Waals surface area contributed by atoms with E-state index in [1.807, 2.05) is 60.7 Å². The molecule has 0 aliphatic carbocycles. The van der Waals surface area contributed by atoms with Crippen molar-refractivity contribution in [3.05, 3.63) is 108 Å². The van der Waals surface area contributed by atoms with Crippen molar-refractivity contribution in [3.63, 3.8) is 0 Å². The molecule has 0 spiro atoms. The summed E-state index contributed by atoms with van der Waals surface area (Å²) in [5, 5.41) is 8.62. The van der Waals surface area contributed by atoms with Crippen LogP contribution in [-0.4, -0.2) is 71.1 Å². The van der Waals surface area contributed by atoms with Crippen LogP contribution in [0.4, 0.5) is 4.79 Å². The van der Waals surface area contributed by atoms with E-state index in [9.17, 15) is 24.0 Å². The summed E-state index contributed by atoms with van der Waals surface area (Å²) in [6.07, 6.45) is 0.891. The van der Waals surface area contributed by atoms with Crippen LogP contribution < -0.4 is 16.0 Å². The van der Waals surface area contributed by atoms with Crippen molar-refractivity contribution >= 4 is 29.8 Å². The number of hydrogen-bond donors (Lipinski definition) is 3. The highest BCUT2D eigenvalue weighted by Gasteiger charge is 2.51. The van der Waals surface area contributed by atoms with Gasteiger partial charge in [0.2, 0.25) is 17.7 Å². The van der Waals surface area contributed by atoms with Gasteiger partial charge >= 0.3 is 12.1 Å². The van der Waals surface area contributed by atoms with E-state index in [2.05, 4.69) is 16.0 Å². The van der Waals surface area contributed by atoms with Gasteiger partial charge in [-0.3, -0.25) is 14.4 Å². The number of piperidine rings is 1. The monoisotopic (exact) mass is 682 g/mol. The Morgan fingerprint density at radius 2 is 1.42 bits per heavy atom. The number of carbonyl (C=O) groups excluding carboxylic acids is 5. The molecule has 5 rings (SSSR count). The topological polar surface area (TPSA) is 143 Å². The van der Waals surface area contributed by atoms with E-state index in [1.54, 1.807) is 62.9 Å². The van der Waals surface area contributed by atoms with Gasteiger partial charge in [0.05, 0.1) is 18.2 Å². The van der Waals surface area contributed by atoms with Gasteiger partial charge in [-0.25, -0.2) is 9.59 Å². The summed E-state index contributed by atoms with van der Waals surface area (Å²) in [5.74, 6) is -2.42. The lowest BCUT2D eigenvalue weighted by Gasteiger charge is -2.42. The van der Waals surface area contributed by atoms with Crippen molar-refractivity contribution in [2.24, 2.45) is 5.92 Å². The minimum Gasteiger partial charge on any atom is -0.462 e. The first-order valence-corrected chi connectivity index (χ1v) is 17.2. The predicted octanol–water partition coefficient (Wildman–Crippen LogP) is 4.92. The van der Waals surface area contributed by atoms with Crippen LogP contribution in [0.25, 0.3) is 0 Å². The number of ether oxygens (including phenoxy) is 2. The number of nitrogens with zero attached hydrogens (tertiary/aromatic N) is 1. The summed E-state index contributed by atoms with van der Waals surface area (Å²) in [5.41, 5.74) is 1.40. The summed E-state index contributed by atoms with van der Waals surface area (Å²) >= 11 is 0. The van der Waals surface area contributed by atoms with E-state index in [-0.39, 0.29) is 25.0 Å². The minimum absolute atomic E-state index is 0.119. The van der Waals surface area contributed by atoms with Crippen molar-refractivity contribution in [1.29, 1.82) is 0 Å². The molecule has 2 aliphatic rings. The Hall–Kier alpha value is -5.19. The molecule has 2 aliphatic heterocycles. The Balaban J connectivity index is 1.36. The zero-order valence-corrected chi connectivity index (χ0v) is 29.0. The lowest BCUT2D eigenvalue weighted by atomic mass is 9.86. The normalized spacial score (nSPS) is 20.7. The zero-order chi connectivity index (χ0) is 35.8. The van der Waals surface area contributed by atoms with Crippen LogP contribution in [0.1, 0.15) is 80.9 Å². The van der Waals surface area contributed by atoms with E-state index >= 15 is 0 Å². The minimum atomic E-state index is -1.11. The van der Waals surface area contributed by atoms with E-state index in [0.717, 1.165) is 11.1 Å². The molecule has 1 unspecified atom stereocenters. The van der Waals surface area contributed by atoms with Gasteiger partial charge in [-0.15, -0.1) is 0 Å². The molecular weight excluding hydrogens is 636 g/mol. The van der Waals surface area contributed by atoms with Gasteiger partial charge in [-0.1, -0.05) is 85.8 Å². The number of rotatable bonds is 11. The van der Waals surface area contributed by atoms with Crippen molar-refractivity contribution in [3.8, 4) is 0 Å². The summed E-state index contributed by atoms with van der Waals surface area (Å²) in [7, 11) is 0. The lowest BCUT2D eigenvalue weighted by Crippen LogP contribution is -2.64. The molecule has 4 amide bonds. The number of nitrogens with one attached hydrogen (secondary N) is 3. The zero-order valence-electron chi connectivity index (χ0n) is 29.0. The van der Waals surface area contributed by atoms with E-state index in [0.29, 0.717) is 24.8 Å². The number of benzene rings is 3. The maximum absolute atomic E-state index is 14.4. The molecule has 2 saturated heterocycles.